The standard InChI is InChI=1S/C16H16BrN3O/c1-11(19)7-13-8-14(4-5-15(13)17)21-10-12-3-2-6-20-16(12)9-18/h2-6,8,11H,7,10,19H2,1H3. The monoisotopic (exact) mass is 345 g/mol. The summed E-state index contributed by atoms with van der Waals surface area (Å²) in [5.74, 6) is 0.751. The van der Waals surface area contributed by atoms with E-state index in [0.717, 1.165) is 27.8 Å². The maximum Gasteiger partial charge on any atom is 0.147 e. The summed E-state index contributed by atoms with van der Waals surface area (Å²) in [6, 6.07) is 11.6. The molecule has 108 valence electrons. The Bertz CT molecular complexity index is 665. The van der Waals surface area contributed by atoms with Gasteiger partial charge in [0.15, 0.2) is 0 Å². The quantitative estimate of drug-likeness (QED) is 0.903. The molecule has 0 radical (unpaired) electrons. The molecule has 5 heteroatoms. The molecule has 1 unspecified atom stereocenters. The Kier molecular flexibility index (Phi) is 5.32. The van der Waals surface area contributed by atoms with E-state index in [0.29, 0.717) is 12.3 Å². The number of nitrogens with two attached hydrogens (primary N) is 1. The van der Waals surface area contributed by atoms with E-state index in [2.05, 4.69) is 27.0 Å². The summed E-state index contributed by atoms with van der Waals surface area (Å²) in [4.78, 5) is 4.02. The molecular weight excluding hydrogens is 330 g/mol. The predicted molar refractivity (Wildman–Crippen MR) is 84.8 cm³/mol. The van der Waals surface area contributed by atoms with Gasteiger partial charge in [0, 0.05) is 22.3 Å². The third kappa shape index (κ3) is 4.28. The van der Waals surface area contributed by atoms with Crippen molar-refractivity contribution in [1.82, 2.24) is 4.98 Å². The van der Waals surface area contributed by atoms with E-state index in [4.69, 9.17) is 15.7 Å². The normalized spacial score (nSPS) is 11.7. The minimum Gasteiger partial charge on any atom is -0.489 e. The lowest BCUT2D eigenvalue weighted by atomic mass is 10.1. The molecule has 0 aliphatic rings. The van der Waals surface area contributed by atoms with E-state index in [-0.39, 0.29) is 6.04 Å². The maximum atomic E-state index is 9.01. The van der Waals surface area contributed by atoms with Crippen LogP contribution in [0.1, 0.15) is 23.7 Å². The van der Waals surface area contributed by atoms with E-state index in [1.165, 1.54) is 0 Å². The second-order valence-electron chi connectivity index (χ2n) is 4.85. The van der Waals surface area contributed by atoms with Crippen molar-refractivity contribution < 1.29 is 4.74 Å². The van der Waals surface area contributed by atoms with E-state index in [1.54, 1.807) is 12.3 Å². The molecule has 1 aromatic carbocycles. The highest BCUT2D eigenvalue weighted by Crippen LogP contribution is 2.24. The van der Waals surface area contributed by atoms with Crippen LogP contribution in [0, 0.1) is 11.3 Å². The van der Waals surface area contributed by atoms with Crippen LogP contribution in [0.2, 0.25) is 0 Å². The Morgan fingerprint density at radius 1 is 1.38 bits per heavy atom. The third-order valence-electron chi connectivity index (χ3n) is 2.95. The largest absolute Gasteiger partial charge is 0.489 e. The number of pyridine rings is 1. The molecule has 0 amide bonds. The number of ether oxygens (including phenoxy) is 1. The van der Waals surface area contributed by atoms with Crippen molar-refractivity contribution in [2.24, 2.45) is 5.73 Å². The van der Waals surface area contributed by atoms with Crippen LogP contribution in [-0.4, -0.2) is 11.0 Å². The SMILES string of the molecule is CC(N)Cc1cc(OCc2cccnc2C#N)ccc1Br. The van der Waals surface area contributed by atoms with E-state index >= 15 is 0 Å². The lowest BCUT2D eigenvalue weighted by molar-refractivity contribution is 0.305. The van der Waals surface area contributed by atoms with Gasteiger partial charge < -0.3 is 10.5 Å². The van der Waals surface area contributed by atoms with Crippen LogP contribution in [-0.2, 0) is 13.0 Å². The predicted octanol–water partition coefficient (Wildman–Crippen LogP) is 3.18. The molecule has 0 saturated carbocycles. The fourth-order valence-corrected chi connectivity index (χ4v) is 2.37. The number of benzene rings is 1. The second kappa shape index (κ2) is 7.21. The average Bonchev–Trinajstić information content (AvgIpc) is 2.48. The fraction of sp³-hybridized carbons (Fsp3) is 0.250. The molecule has 1 heterocycles. The summed E-state index contributed by atoms with van der Waals surface area (Å²) in [6.07, 6.45) is 2.37. The first-order chi connectivity index (χ1) is 10.1. The summed E-state index contributed by atoms with van der Waals surface area (Å²) < 4.78 is 6.78. The third-order valence-corrected chi connectivity index (χ3v) is 3.72. The van der Waals surface area contributed by atoms with Gasteiger partial charge >= 0.3 is 0 Å². The summed E-state index contributed by atoms with van der Waals surface area (Å²) >= 11 is 3.51. The molecule has 1 aromatic heterocycles. The minimum atomic E-state index is 0.0834. The first-order valence-corrected chi connectivity index (χ1v) is 7.40. The van der Waals surface area contributed by atoms with E-state index in [9.17, 15) is 0 Å². The highest BCUT2D eigenvalue weighted by molar-refractivity contribution is 9.10. The molecule has 21 heavy (non-hydrogen) atoms. The van der Waals surface area contributed by atoms with E-state index in [1.807, 2.05) is 31.2 Å². The molecule has 0 aliphatic heterocycles. The van der Waals surface area contributed by atoms with Gasteiger partial charge in [-0.1, -0.05) is 22.0 Å². The molecule has 0 saturated heterocycles. The fourth-order valence-electron chi connectivity index (χ4n) is 1.96. The van der Waals surface area contributed by atoms with Crippen LogP contribution in [0.4, 0.5) is 0 Å². The maximum absolute atomic E-state index is 9.01. The zero-order valence-electron chi connectivity index (χ0n) is 11.7. The van der Waals surface area contributed by atoms with Gasteiger partial charge in [0.25, 0.3) is 0 Å². The van der Waals surface area contributed by atoms with Crippen molar-refractivity contribution in [2.45, 2.75) is 26.0 Å². The summed E-state index contributed by atoms with van der Waals surface area (Å²) in [6.45, 7) is 2.28. The van der Waals surface area contributed by atoms with E-state index < -0.39 is 0 Å². The lowest BCUT2D eigenvalue weighted by Crippen LogP contribution is -2.18. The van der Waals surface area contributed by atoms with Gasteiger partial charge in [0.05, 0.1) is 0 Å². The average molecular weight is 346 g/mol. The van der Waals surface area contributed by atoms with Crippen LogP contribution < -0.4 is 10.5 Å². The summed E-state index contributed by atoms with van der Waals surface area (Å²) in [7, 11) is 0. The number of hydrogen-bond acceptors (Lipinski definition) is 4. The number of aromatic nitrogens is 1. The topological polar surface area (TPSA) is 71.9 Å². The van der Waals surface area contributed by atoms with Gasteiger partial charge in [-0.05, 0) is 43.2 Å². The molecule has 2 N–H and O–H groups in total. The van der Waals surface area contributed by atoms with Gasteiger partial charge in [-0.2, -0.15) is 5.26 Å². The Morgan fingerprint density at radius 3 is 2.90 bits per heavy atom. The van der Waals surface area contributed by atoms with Crippen LogP contribution in [0.15, 0.2) is 41.0 Å². The number of rotatable bonds is 5. The Labute approximate surface area is 132 Å². The molecule has 0 fully saturated rings. The van der Waals surface area contributed by atoms with Crippen LogP contribution in [0.3, 0.4) is 0 Å². The number of nitrogens with zero attached hydrogens (tertiary/aromatic N) is 2. The highest BCUT2D eigenvalue weighted by Gasteiger charge is 2.07. The van der Waals surface area contributed by atoms with Crippen molar-refractivity contribution in [3.8, 4) is 11.8 Å². The van der Waals surface area contributed by atoms with Crippen molar-refractivity contribution in [3.63, 3.8) is 0 Å². The molecule has 1 atom stereocenters. The van der Waals surface area contributed by atoms with Crippen LogP contribution in [0.25, 0.3) is 0 Å². The Hall–Kier alpha value is -1.90. The first-order valence-electron chi connectivity index (χ1n) is 6.61. The molecule has 0 bridgehead atoms. The zero-order valence-corrected chi connectivity index (χ0v) is 13.3. The van der Waals surface area contributed by atoms with Crippen molar-refractivity contribution in [3.05, 3.63) is 57.8 Å². The zero-order chi connectivity index (χ0) is 15.2. The van der Waals surface area contributed by atoms with Crippen LogP contribution in [0.5, 0.6) is 5.75 Å². The van der Waals surface area contributed by atoms with Crippen molar-refractivity contribution in [1.29, 1.82) is 5.26 Å². The van der Waals surface area contributed by atoms with Gasteiger partial charge in [-0.25, -0.2) is 4.98 Å². The molecule has 2 rings (SSSR count). The van der Waals surface area contributed by atoms with Gasteiger partial charge in [-0.3, -0.25) is 0 Å². The molecular formula is C16H16BrN3O. The molecule has 0 aliphatic carbocycles. The van der Waals surface area contributed by atoms with Gasteiger partial charge in [0.2, 0.25) is 0 Å². The number of hydrogen-bond donors (Lipinski definition) is 1. The lowest BCUT2D eigenvalue weighted by Gasteiger charge is -2.11. The van der Waals surface area contributed by atoms with Crippen molar-refractivity contribution in [2.75, 3.05) is 0 Å². The second-order valence-corrected chi connectivity index (χ2v) is 5.70. The first kappa shape index (κ1) is 15.5. The molecule has 4 nitrogen and oxygen atoms in total. The minimum absolute atomic E-state index is 0.0834. The smallest absolute Gasteiger partial charge is 0.147 e. The highest BCUT2D eigenvalue weighted by atomic mass is 79.9. The van der Waals surface area contributed by atoms with Gasteiger partial charge in [-0.15, -0.1) is 0 Å². The Balaban J connectivity index is 2.12. The number of nitriles is 1. The summed E-state index contributed by atoms with van der Waals surface area (Å²) in [5.41, 5.74) is 8.11. The number of halogens is 1. The van der Waals surface area contributed by atoms with Crippen LogP contribution >= 0.6 is 15.9 Å². The molecule has 0 spiro atoms. The van der Waals surface area contributed by atoms with Gasteiger partial charge in [0.1, 0.15) is 24.1 Å². The van der Waals surface area contributed by atoms with Crippen molar-refractivity contribution >= 4 is 15.9 Å². The summed E-state index contributed by atoms with van der Waals surface area (Å²) in [5, 5.41) is 9.01. The molecule has 2 aromatic rings. The Morgan fingerprint density at radius 2 is 2.19 bits per heavy atom.